The van der Waals surface area contributed by atoms with E-state index in [0.717, 1.165) is 0 Å². The fourth-order valence-electron chi connectivity index (χ4n) is 3.29. The molecule has 1 heterocycles. The van der Waals surface area contributed by atoms with Crippen LogP contribution in [0.15, 0.2) is 0 Å². The van der Waals surface area contributed by atoms with E-state index in [2.05, 4.69) is 10.2 Å². The van der Waals surface area contributed by atoms with Crippen LogP contribution in [0.2, 0.25) is 0 Å². The predicted octanol–water partition coefficient (Wildman–Crippen LogP) is 0.827. The van der Waals surface area contributed by atoms with Gasteiger partial charge in [0.15, 0.2) is 5.79 Å². The van der Waals surface area contributed by atoms with Crippen LogP contribution in [0, 0.1) is 11.8 Å². The molecule has 1 aliphatic heterocycles. The number of carbonyl (C=O) groups excluding carboxylic acids is 3. The van der Waals surface area contributed by atoms with Crippen molar-refractivity contribution in [1.29, 1.82) is 0 Å². The van der Waals surface area contributed by atoms with Crippen molar-refractivity contribution in [1.82, 2.24) is 10.4 Å². The maximum Gasteiger partial charge on any atom is 0.425 e. The summed E-state index contributed by atoms with van der Waals surface area (Å²) in [6.07, 6.45) is -0.260. The summed E-state index contributed by atoms with van der Waals surface area (Å²) < 4.78 is 21.0. The van der Waals surface area contributed by atoms with Gasteiger partial charge < -0.3 is 18.9 Å². The smallest absolute Gasteiger partial charge is 0.425 e. The fraction of sp³-hybridized carbons (Fsp3) is 0.812. The van der Waals surface area contributed by atoms with Crippen molar-refractivity contribution < 1.29 is 33.3 Å². The summed E-state index contributed by atoms with van der Waals surface area (Å²) in [6, 6.07) is -0.323. The molecule has 142 valence electrons. The second-order valence-corrected chi connectivity index (χ2v) is 6.39. The molecular weight excluding hydrogens is 332 g/mol. The Bertz CT molecular complexity index is 517. The van der Waals surface area contributed by atoms with Gasteiger partial charge in [0.2, 0.25) is 5.91 Å². The number of rotatable bonds is 4. The Morgan fingerprint density at radius 2 is 1.80 bits per heavy atom. The average Bonchev–Trinajstić information content (AvgIpc) is 3.19. The minimum Gasteiger partial charge on any atom is -0.466 e. The van der Waals surface area contributed by atoms with Crippen molar-refractivity contribution in [3.8, 4) is 0 Å². The quantitative estimate of drug-likeness (QED) is 0.586. The first-order valence-corrected chi connectivity index (χ1v) is 8.45. The highest BCUT2D eigenvalue weighted by atomic mass is 16.7. The van der Waals surface area contributed by atoms with E-state index in [0.29, 0.717) is 13.2 Å². The molecule has 2 rings (SSSR count). The molecule has 9 heteroatoms. The lowest BCUT2D eigenvalue weighted by atomic mass is 9.94. The zero-order valence-electron chi connectivity index (χ0n) is 15.1. The van der Waals surface area contributed by atoms with Gasteiger partial charge in [-0.05, 0) is 20.8 Å². The lowest BCUT2D eigenvalue weighted by Crippen LogP contribution is -2.53. The van der Waals surface area contributed by atoms with Crippen LogP contribution in [-0.2, 0) is 28.5 Å². The number of nitrogens with one attached hydrogen (secondary N) is 1. The Morgan fingerprint density at radius 3 is 2.32 bits per heavy atom. The van der Waals surface area contributed by atoms with E-state index >= 15 is 0 Å². The van der Waals surface area contributed by atoms with Crippen LogP contribution in [0.25, 0.3) is 0 Å². The standard InChI is InChI=1S/C16H26N2O7/c1-5-23-14(20)12-9-16(24-6-7-25-16)8-11(12)13(19)18(10(2)3)17-15(21)22-4/h10-12H,5-9H2,1-4H3,(H,17,21)/t11-,12?/m0/s1. The van der Waals surface area contributed by atoms with E-state index in [-0.39, 0.29) is 25.5 Å². The van der Waals surface area contributed by atoms with Crippen molar-refractivity contribution in [2.24, 2.45) is 11.8 Å². The van der Waals surface area contributed by atoms with Gasteiger partial charge in [0.25, 0.3) is 0 Å². The van der Waals surface area contributed by atoms with Crippen LogP contribution < -0.4 is 5.43 Å². The molecule has 0 radical (unpaired) electrons. The minimum absolute atomic E-state index is 0.221. The molecule has 0 aromatic carbocycles. The third kappa shape index (κ3) is 4.21. The zero-order chi connectivity index (χ0) is 18.6. The van der Waals surface area contributed by atoms with Crippen molar-refractivity contribution >= 4 is 18.0 Å². The molecule has 1 N–H and O–H groups in total. The molecule has 0 aromatic rings. The van der Waals surface area contributed by atoms with Gasteiger partial charge in [0, 0.05) is 18.9 Å². The Labute approximate surface area is 146 Å². The van der Waals surface area contributed by atoms with Crippen LogP contribution in [0.3, 0.4) is 0 Å². The van der Waals surface area contributed by atoms with Gasteiger partial charge in [-0.15, -0.1) is 0 Å². The summed E-state index contributed by atoms with van der Waals surface area (Å²) >= 11 is 0. The zero-order valence-corrected chi connectivity index (χ0v) is 15.1. The fourth-order valence-corrected chi connectivity index (χ4v) is 3.29. The first-order chi connectivity index (χ1) is 11.8. The molecule has 25 heavy (non-hydrogen) atoms. The number of amides is 2. The van der Waals surface area contributed by atoms with Gasteiger partial charge in [-0.25, -0.2) is 15.2 Å². The number of hydrogen-bond acceptors (Lipinski definition) is 7. The van der Waals surface area contributed by atoms with Crippen LogP contribution in [0.1, 0.15) is 33.6 Å². The van der Waals surface area contributed by atoms with Crippen molar-refractivity contribution in [2.75, 3.05) is 26.9 Å². The van der Waals surface area contributed by atoms with Crippen LogP contribution >= 0.6 is 0 Å². The summed E-state index contributed by atoms with van der Waals surface area (Å²) in [5, 5.41) is 1.18. The Morgan fingerprint density at radius 1 is 1.20 bits per heavy atom. The molecular formula is C16H26N2O7. The van der Waals surface area contributed by atoms with E-state index in [4.69, 9.17) is 14.2 Å². The number of methoxy groups -OCH3 is 1. The molecule has 1 saturated carbocycles. The predicted molar refractivity (Wildman–Crippen MR) is 85.0 cm³/mol. The highest BCUT2D eigenvalue weighted by Crippen LogP contribution is 2.46. The number of ether oxygens (including phenoxy) is 4. The average molecular weight is 358 g/mol. The summed E-state index contributed by atoms with van der Waals surface area (Å²) in [5.41, 5.74) is 2.40. The molecule has 1 aliphatic carbocycles. The third-order valence-corrected chi connectivity index (χ3v) is 4.42. The molecule has 2 amide bonds. The highest BCUT2D eigenvalue weighted by molar-refractivity contribution is 5.87. The van der Waals surface area contributed by atoms with E-state index in [1.165, 1.54) is 12.1 Å². The molecule has 2 fully saturated rings. The van der Waals surface area contributed by atoms with E-state index in [9.17, 15) is 14.4 Å². The second kappa shape index (κ2) is 8.01. The monoisotopic (exact) mass is 358 g/mol. The molecule has 2 aliphatic rings. The molecule has 0 bridgehead atoms. The van der Waals surface area contributed by atoms with Crippen molar-refractivity contribution in [3.63, 3.8) is 0 Å². The van der Waals surface area contributed by atoms with Crippen molar-refractivity contribution in [3.05, 3.63) is 0 Å². The molecule has 2 atom stereocenters. The maximum absolute atomic E-state index is 13.0. The molecule has 9 nitrogen and oxygen atoms in total. The van der Waals surface area contributed by atoms with Gasteiger partial charge in [-0.1, -0.05) is 0 Å². The molecule has 1 saturated heterocycles. The number of hydrogen-bond donors (Lipinski definition) is 1. The summed E-state index contributed by atoms with van der Waals surface area (Å²) in [5.74, 6) is -3.19. The largest absolute Gasteiger partial charge is 0.466 e. The third-order valence-electron chi connectivity index (χ3n) is 4.42. The van der Waals surface area contributed by atoms with Crippen LogP contribution in [0.4, 0.5) is 4.79 Å². The SMILES string of the molecule is CCOC(=O)C1CC2(C[C@@H]1C(=O)N(NC(=O)OC)C(C)C)OCCO2. The normalized spacial score (nSPS) is 24.4. The number of hydrazine groups is 1. The van der Waals surface area contributed by atoms with Gasteiger partial charge >= 0.3 is 12.1 Å². The highest BCUT2D eigenvalue weighted by Gasteiger charge is 2.56. The van der Waals surface area contributed by atoms with Crippen molar-refractivity contribution in [2.45, 2.75) is 45.4 Å². The second-order valence-electron chi connectivity index (χ2n) is 6.39. The topological polar surface area (TPSA) is 103 Å². The van der Waals surface area contributed by atoms with Crippen LogP contribution in [0.5, 0.6) is 0 Å². The van der Waals surface area contributed by atoms with Gasteiger partial charge in [0.05, 0.1) is 38.8 Å². The molecule has 1 unspecified atom stereocenters. The Hall–Kier alpha value is -1.87. The Balaban J connectivity index is 2.22. The molecule has 1 spiro atoms. The minimum atomic E-state index is -0.939. The number of esters is 1. The van der Waals surface area contributed by atoms with E-state index < -0.39 is 35.6 Å². The Kier molecular flexibility index (Phi) is 6.23. The first kappa shape index (κ1) is 19.5. The lowest BCUT2D eigenvalue weighted by molar-refractivity contribution is -0.162. The van der Waals surface area contributed by atoms with Gasteiger partial charge in [0.1, 0.15) is 0 Å². The lowest BCUT2D eigenvalue weighted by Gasteiger charge is -2.30. The number of nitrogens with zero attached hydrogens (tertiary/aromatic N) is 1. The molecule has 0 aromatic heterocycles. The van der Waals surface area contributed by atoms with Crippen LogP contribution in [-0.4, -0.2) is 61.7 Å². The van der Waals surface area contributed by atoms with Gasteiger partial charge in [-0.3, -0.25) is 9.59 Å². The summed E-state index contributed by atoms with van der Waals surface area (Å²) in [6.45, 7) is 6.27. The number of carbonyl (C=O) groups is 3. The summed E-state index contributed by atoms with van der Waals surface area (Å²) in [4.78, 5) is 36.9. The maximum atomic E-state index is 13.0. The van der Waals surface area contributed by atoms with E-state index in [1.807, 2.05) is 0 Å². The first-order valence-electron chi connectivity index (χ1n) is 8.45. The summed E-state index contributed by atoms with van der Waals surface area (Å²) in [7, 11) is 1.21. The van der Waals surface area contributed by atoms with E-state index in [1.54, 1.807) is 20.8 Å². The van der Waals surface area contributed by atoms with Gasteiger partial charge in [-0.2, -0.15) is 0 Å².